The number of piperazine rings is 1. The summed E-state index contributed by atoms with van der Waals surface area (Å²) in [6.07, 6.45) is 2.89. The van der Waals surface area contributed by atoms with Gasteiger partial charge in [0, 0.05) is 56.3 Å². The first-order valence-electron chi connectivity index (χ1n) is 13.2. The molecule has 2 aliphatic rings. The SMILES string of the molecule is COc1ccc(/C=N/Nc2nc(N3CCOCC3)c3sc(CN4CCN(S(C)(=O)=O)CC4)cc3n2)c(OC)c1OC. The molecule has 2 aromatic heterocycles. The normalized spacial score (nSPS) is 17.3. The first kappa shape index (κ1) is 29.3. The molecule has 2 aliphatic heterocycles. The molecule has 0 bridgehead atoms. The maximum atomic E-state index is 11.9. The minimum absolute atomic E-state index is 0.376. The van der Waals surface area contributed by atoms with Crippen LogP contribution in [0.15, 0.2) is 23.3 Å². The second-order valence-electron chi connectivity index (χ2n) is 9.63. The standard InChI is InChI=1S/C26H35N7O6S2/c1-36-21-6-5-18(22(37-2)23(21)38-3)16-27-30-26-28-20-15-19(17-31-7-9-33(10-8-31)41(4,34)35)40-24(20)25(29-26)32-11-13-39-14-12-32/h5-6,15-16H,7-14,17H2,1-4H3,(H,28,29,30)/b27-16+. The van der Waals surface area contributed by atoms with Crippen molar-refractivity contribution in [3.63, 3.8) is 0 Å². The first-order valence-corrected chi connectivity index (χ1v) is 15.9. The number of aromatic nitrogens is 2. The smallest absolute Gasteiger partial charge is 0.246 e. The van der Waals surface area contributed by atoms with E-state index in [1.165, 1.54) is 10.6 Å². The molecule has 2 saturated heterocycles. The number of fused-ring (bicyclic) bond motifs is 1. The van der Waals surface area contributed by atoms with Gasteiger partial charge in [-0.15, -0.1) is 11.3 Å². The van der Waals surface area contributed by atoms with Gasteiger partial charge >= 0.3 is 0 Å². The quantitative estimate of drug-likeness (QED) is 0.269. The molecule has 0 atom stereocenters. The molecule has 0 aliphatic carbocycles. The predicted molar refractivity (Wildman–Crippen MR) is 159 cm³/mol. The summed E-state index contributed by atoms with van der Waals surface area (Å²) in [5.74, 6) is 2.76. The van der Waals surface area contributed by atoms with Gasteiger partial charge < -0.3 is 23.8 Å². The van der Waals surface area contributed by atoms with Crippen LogP contribution in [0.25, 0.3) is 10.2 Å². The highest BCUT2D eigenvalue weighted by molar-refractivity contribution is 7.88. The summed E-state index contributed by atoms with van der Waals surface area (Å²) in [7, 11) is 1.53. The maximum Gasteiger partial charge on any atom is 0.246 e. The molecule has 41 heavy (non-hydrogen) atoms. The van der Waals surface area contributed by atoms with Crippen LogP contribution in [0.3, 0.4) is 0 Å². The van der Waals surface area contributed by atoms with Gasteiger partial charge in [-0.1, -0.05) is 0 Å². The van der Waals surface area contributed by atoms with Gasteiger partial charge in [0.1, 0.15) is 0 Å². The Hall–Kier alpha value is -3.24. The van der Waals surface area contributed by atoms with Crippen molar-refractivity contribution >= 4 is 49.6 Å². The lowest BCUT2D eigenvalue weighted by Gasteiger charge is -2.32. The number of rotatable bonds is 10. The molecule has 222 valence electrons. The summed E-state index contributed by atoms with van der Waals surface area (Å²) in [4.78, 5) is 15.2. The highest BCUT2D eigenvalue weighted by atomic mass is 32.2. The number of thiophene rings is 1. The minimum Gasteiger partial charge on any atom is -0.493 e. The average molecular weight is 606 g/mol. The van der Waals surface area contributed by atoms with Crippen molar-refractivity contribution in [3.8, 4) is 17.2 Å². The van der Waals surface area contributed by atoms with Crippen molar-refractivity contribution in [1.82, 2.24) is 19.2 Å². The molecule has 0 radical (unpaired) electrons. The monoisotopic (exact) mass is 605 g/mol. The Morgan fingerprint density at radius 2 is 1.76 bits per heavy atom. The van der Waals surface area contributed by atoms with Crippen molar-refractivity contribution in [1.29, 1.82) is 0 Å². The molecule has 0 amide bonds. The zero-order valence-electron chi connectivity index (χ0n) is 23.6. The van der Waals surface area contributed by atoms with Crippen LogP contribution in [0.1, 0.15) is 10.4 Å². The highest BCUT2D eigenvalue weighted by Crippen LogP contribution is 2.39. The second-order valence-corrected chi connectivity index (χ2v) is 12.7. The summed E-state index contributed by atoms with van der Waals surface area (Å²) in [6, 6.07) is 5.70. The van der Waals surface area contributed by atoms with Crippen LogP contribution in [0, 0.1) is 0 Å². The number of methoxy groups -OCH3 is 3. The van der Waals surface area contributed by atoms with Gasteiger partial charge in [-0.2, -0.15) is 14.4 Å². The van der Waals surface area contributed by atoms with Crippen molar-refractivity contribution in [3.05, 3.63) is 28.6 Å². The van der Waals surface area contributed by atoms with Crippen molar-refractivity contribution in [2.75, 3.05) is 90.4 Å². The zero-order chi connectivity index (χ0) is 29.0. The van der Waals surface area contributed by atoms with Gasteiger partial charge in [-0.25, -0.2) is 18.8 Å². The van der Waals surface area contributed by atoms with Gasteiger partial charge in [-0.05, 0) is 18.2 Å². The highest BCUT2D eigenvalue weighted by Gasteiger charge is 2.25. The summed E-state index contributed by atoms with van der Waals surface area (Å²) in [6.45, 7) is 5.83. The number of hydrazone groups is 1. The van der Waals surface area contributed by atoms with E-state index in [4.69, 9.17) is 28.9 Å². The third-order valence-electron chi connectivity index (χ3n) is 7.00. The number of nitrogens with zero attached hydrogens (tertiary/aromatic N) is 6. The van der Waals surface area contributed by atoms with E-state index in [-0.39, 0.29) is 0 Å². The average Bonchev–Trinajstić information content (AvgIpc) is 3.38. The van der Waals surface area contributed by atoms with Gasteiger partial charge in [0.05, 0.1) is 57.2 Å². The van der Waals surface area contributed by atoms with Crippen LogP contribution in [0.4, 0.5) is 11.8 Å². The number of hydrogen-bond acceptors (Lipinski definition) is 13. The lowest BCUT2D eigenvalue weighted by Crippen LogP contribution is -2.47. The van der Waals surface area contributed by atoms with Gasteiger partial charge in [0.2, 0.25) is 21.7 Å². The Labute approximate surface area is 243 Å². The largest absolute Gasteiger partial charge is 0.493 e. The Balaban J connectivity index is 1.38. The Morgan fingerprint density at radius 3 is 2.41 bits per heavy atom. The van der Waals surface area contributed by atoms with Crippen LogP contribution < -0.4 is 24.5 Å². The van der Waals surface area contributed by atoms with E-state index in [1.54, 1.807) is 44.9 Å². The molecule has 1 N–H and O–H groups in total. The van der Waals surface area contributed by atoms with Crippen LogP contribution >= 0.6 is 11.3 Å². The number of benzene rings is 1. The molecule has 2 fully saturated rings. The lowest BCUT2D eigenvalue weighted by atomic mass is 10.2. The molecule has 0 unspecified atom stereocenters. The van der Waals surface area contributed by atoms with E-state index in [2.05, 4.69) is 26.4 Å². The maximum absolute atomic E-state index is 11.9. The molecule has 1 aromatic carbocycles. The number of anilines is 2. The van der Waals surface area contributed by atoms with Crippen molar-refractivity contribution in [2.45, 2.75) is 6.54 Å². The van der Waals surface area contributed by atoms with Crippen LogP contribution in [-0.2, 0) is 21.3 Å². The second kappa shape index (κ2) is 12.7. The van der Waals surface area contributed by atoms with Gasteiger partial charge in [0.25, 0.3) is 0 Å². The summed E-state index contributed by atoms with van der Waals surface area (Å²) >= 11 is 1.67. The number of morpholine rings is 1. The van der Waals surface area contributed by atoms with E-state index in [9.17, 15) is 8.42 Å². The molecule has 4 heterocycles. The Morgan fingerprint density at radius 1 is 1.02 bits per heavy atom. The van der Waals surface area contributed by atoms with Gasteiger partial charge in [-0.3, -0.25) is 4.90 Å². The fourth-order valence-corrected chi connectivity index (χ4v) is 6.89. The molecular formula is C26H35N7O6S2. The Bertz CT molecular complexity index is 1500. The van der Waals surface area contributed by atoms with E-state index < -0.39 is 10.0 Å². The summed E-state index contributed by atoms with van der Waals surface area (Å²) in [5, 5.41) is 4.39. The molecular weight excluding hydrogens is 570 g/mol. The minimum atomic E-state index is -3.16. The van der Waals surface area contributed by atoms with Crippen LogP contribution in [0.5, 0.6) is 17.2 Å². The lowest BCUT2D eigenvalue weighted by molar-refractivity contribution is 0.122. The molecule has 3 aromatic rings. The number of nitrogens with one attached hydrogen (secondary N) is 1. The molecule has 5 rings (SSSR count). The zero-order valence-corrected chi connectivity index (χ0v) is 25.3. The van der Waals surface area contributed by atoms with E-state index in [0.29, 0.717) is 68.2 Å². The van der Waals surface area contributed by atoms with E-state index in [0.717, 1.165) is 40.5 Å². The predicted octanol–water partition coefficient (Wildman–Crippen LogP) is 2.08. The molecule has 13 nitrogen and oxygen atoms in total. The molecule has 15 heteroatoms. The van der Waals surface area contributed by atoms with Gasteiger partial charge in [0.15, 0.2) is 17.3 Å². The number of hydrogen-bond donors (Lipinski definition) is 1. The van der Waals surface area contributed by atoms with Crippen molar-refractivity contribution in [2.24, 2.45) is 5.10 Å². The fraction of sp³-hybridized carbons (Fsp3) is 0.500. The molecule has 0 spiro atoms. The fourth-order valence-electron chi connectivity index (χ4n) is 4.91. The molecule has 0 saturated carbocycles. The summed E-state index contributed by atoms with van der Waals surface area (Å²) in [5.41, 5.74) is 4.51. The van der Waals surface area contributed by atoms with E-state index >= 15 is 0 Å². The van der Waals surface area contributed by atoms with Crippen LogP contribution in [-0.4, -0.2) is 114 Å². The first-order chi connectivity index (χ1) is 19.8. The van der Waals surface area contributed by atoms with Crippen LogP contribution in [0.2, 0.25) is 0 Å². The number of sulfonamides is 1. The number of ether oxygens (including phenoxy) is 4. The topological polar surface area (TPSA) is 131 Å². The third kappa shape index (κ3) is 6.64. The summed E-state index contributed by atoms with van der Waals surface area (Å²) < 4.78 is 48.2. The van der Waals surface area contributed by atoms with Crippen molar-refractivity contribution < 1.29 is 27.4 Å². The Kier molecular flexibility index (Phi) is 9.09. The third-order valence-corrected chi connectivity index (χ3v) is 9.41. The van der Waals surface area contributed by atoms with E-state index in [1.807, 2.05) is 6.07 Å².